The van der Waals surface area contributed by atoms with Gasteiger partial charge in [0.2, 0.25) is 0 Å². The molecule has 1 aromatic carbocycles. The second kappa shape index (κ2) is 8.57. The van der Waals surface area contributed by atoms with Gasteiger partial charge in [-0.1, -0.05) is 26.3 Å². The summed E-state index contributed by atoms with van der Waals surface area (Å²) in [5, 5.41) is 3.37. The van der Waals surface area contributed by atoms with Crippen molar-refractivity contribution in [1.82, 2.24) is 5.32 Å². The van der Waals surface area contributed by atoms with Crippen LogP contribution >= 0.6 is 0 Å². The van der Waals surface area contributed by atoms with Crippen LogP contribution in [-0.4, -0.2) is 34.4 Å². The summed E-state index contributed by atoms with van der Waals surface area (Å²) >= 11 is 0. The minimum absolute atomic E-state index is 0.445. The Morgan fingerprint density at radius 2 is 1.67 bits per heavy atom. The molecule has 0 aromatic heterocycles. The molecule has 0 radical (unpaired) electrons. The van der Waals surface area contributed by atoms with Gasteiger partial charge in [0.15, 0.2) is 0 Å². The predicted octanol–water partition coefficient (Wildman–Crippen LogP) is 3.36. The highest BCUT2D eigenvalue weighted by atomic mass is 16.5. The number of methoxy groups -OCH3 is 3. The minimum Gasteiger partial charge on any atom is -0.496 e. The molecule has 0 aliphatic carbocycles. The molecule has 0 aliphatic heterocycles. The third-order valence-corrected chi connectivity index (χ3v) is 3.40. The molecule has 0 spiro atoms. The topological polar surface area (TPSA) is 39.7 Å². The summed E-state index contributed by atoms with van der Waals surface area (Å²) < 4.78 is 16.3. The highest BCUT2D eigenvalue weighted by Gasteiger charge is 2.13. The average Bonchev–Trinajstić information content (AvgIpc) is 2.50. The van der Waals surface area contributed by atoms with Gasteiger partial charge in [-0.15, -0.1) is 0 Å². The summed E-state index contributed by atoms with van der Waals surface area (Å²) in [6, 6.07) is 3.75. The van der Waals surface area contributed by atoms with Crippen molar-refractivity contribution in [1.29, 1.82) is 0 Å². The van der Waals surface area contributed by atoms with Crippen LogP contribution in [0, 0.1) is 5.92 Å². The first-order valence-corrected chi connectivity index (χ1v) is 7.28. The van der Waals surface area contributed by atoms with Crippen LogP contribution in [0.25, 0.3) is 6.08 Å². The Labute approximate surface area is 128 Å². The number of hydrogen-bond donors (Lipinski definition) is 1. The van der Waals surface area contributed by atoms with Gasteiger partial charge in [-0.2, -0.15) is 0 Å². The van der Waals surface area contributed by atoms with Gasteiger partial charge in [-0.3, -0.25) is 0 Å². The SMILES string of the molecule is CCNCC(=Cc1c(OC)cc(OC)cc1OC)C(C)C. The molecule has 0 atom stereocenters. The summed E-state index contributed by atoms with van der Waals surface area (Å²) in [5.74, 6) is 2.67. The molecule has 4 heteroatoms. The third-order valence-electron chi connectivity index (χ3n) is 3.40. The van der Waals surface area contributed by atoms with E-state index in [1.165, 1.54) is 5.57 Å². The quantitative estimate of drug-likeness (QED) is 0.798. The summed E-state index contributed by atoms with van der Waals surface area (Å²) in [6.45, 7) is 8.28. The van der Waals surface area contributed by atoms with Crippen molar-refractivity contribution < 1.29 is 14.2 Å². The summed E-state index contributed by atoms with van der Waals surface area (Å²) in [6.07, 6.45) is 2.14. The van der Waals surface area contributed by atoms with Gasteiger partial charge in [0, 0.05) is 18.7 Å². The number of rotatable bonds is 8. The van der Waals surface area contributed by atoms with Gasteiger partial charge in [0.25, 0.3) is 0 Å². The van der Waals surface area contributed by atoms with E-state index < -0.39 is 0 Å². The lowest BCUT2D eigenvalue weighted by Gasteiger charge is -2.16. The van der Waals surface area contributed by atoms with Gasteiger partial charge in [-0.05, 0) is 18.5 Å². The van der Waals surface area contributed by atoms with E-state index in [1.807, 2.05) is 12.1 Å². The van der Waals surface area contributed by atoms with E-state index in [2.05, 4.69) is 32.2 Å². The fraction of sp³-hybridized carbons (Fsp3) is 0.529. The van der Waals surface area contributed by atoms with E-state index in [1.54, 1.807) is 21.3 Å². The van der Waals surface area contributed by atoms with Crippen molar-refractivity contribution in [3.05, 3.63) is 23.3 Å². The summed E-state index contributed by atoms with van der Waals surface area (Å²) in [5.41, 5.74) is 2.25. The molecule has 1 N–H and O–H groups in total. The summed E-state index contributed by atoms with van der Waals surface area (Å²) in [4.78, 5) is 0. The molecule has 1 rings (SSSR count). The van der Waals surface area contributed by atoms with Crippen molar-refractivity contribution in [3.8, 4) is 17.2 Å². The van der Waals surface area contributed by atoms with Crippen molar-refractivity contribution >= 4 is 6.08 Å². The lowest BCUT2D eigenvalue weighted by atomic mass is 9.99. The Morgan fingerprint density at radius 3 is 2.05 bits per heavy atom. The number of hydrogen-bond acceptors (Lipinski definition) is 4. The van der Waals surface area contributed by atoms with E-state index in [9.17, 15) is 0 Å². The predicted molar refractivity (Wildman–Crippen MR) is 87.5 cm³/mol. The highest BCUT2D eigenvalue weighted by Crippen LogP contribution is 2.36. The molecular weight excluding hydrogens is 266 g/mol. The number of nitrogens with one attached hydrogen (secondary N) is 1. The normalized spacial score (nSPS) is 11.7. The molecule has 0 aliphatic rings. The molecule has 0 fully saturated rings. The smallest absolute Gasteiger partial charge is 0.133 e. The average molecular weight is 293 g/mol. The van der Waals surface area contributed by atoms with Crippen molar-refractivity contribution in [2.45, 2.75) is 20.8 Å². The molecule has 21 heavy (non-hydrogen) atoms. The Hall–Kier alpha value is -1.68. The zero-order valence-electron chi connectivity index (χ0n) is 13.9. The van der Waals surface area contributed by atoms with E-state index in [4.69, 9.17) is 14.2 Å². The van der Waals surface area contributed by atoms with Crippen LogP contribution in [0.15, 0.2) is 17.7 Å². The van der Waals surface area contributed by atoms with Gasteiger partial charge in [-0.25, -0.2) is 0 Å². The minimum atomic E-state index is 0.445. The maximum absolute atomic E-state index is 5.49. The molecule has 118 valence electrons. The molecule has 4 nitrogen and oxygen atoms in total. The first-order chi connectivity index (χ1) is 10.1. The standard InChI is InChI=1S/C17H27NO3/c1-7-18-11-13(12(2)3)8-15-16(20-5)9-14(19-4)10-17(15)21-6/h8-10,12,18H,7,11H2,1-6H3. The molecule has 0 saturated heterocycles. The van der Waals surface area contributed by atoms with E-state index in [0.717, 1.165) is 35.9 Å². The Morgan fingerprint density at radius 1 is 1.10 bits per heavy atom. The lowest BCUT2D eigenvalue weighted by molar-refractivity contribution is 0.374. The van der Waals surface area contributed by atoms with Crippen LogP contribution in [0.4, 0.5) is 0 Å². The zero-order valence-corrected chi connectivity index (χ0v) is 13.9. The fourth-order valence-corrected chi connectivity index (χ4v) is 2.05. The monoisotopic (exact) mass is 293 g/mol. The van der Waals surface area contributed by atoms with Crippen LogP contribution < -0.4 is 19.5 Å². The first kappa shape index (κ1) is 17.4. The van der Waals surface area contributed by atoms with Crippen LogP contribution in [0.5, 0.6) is 17.2 Å². The molecular formula is C17H27NO3. The molecule has 0 unspecified atom stereocenters. The number of ether oxygens (including phenoxy) is 3. The maximum atomic E-state index is 5.49. The van der Waals surface area contributed by atoms with Gasteiger partial charge in [0.05, 0.1) is 26.9 Å². The van der Waals surface area contributed by atoms with Crippen LogP contribution in [-0.2, 0) is 0 Å². The van der Waals surface area contributed by atoms with Crippen molar-refractivity contribution in [2.75, 3.05) is 34.4 Å². The molecule has 0 saturated carbocycles. The van der Waals surface area contributed by atoms with Gasteiger partial charge < -0.3 is 19.5 Å². The number of likely N-dealkylation sites (N-methyl/N-ethyl adjacent to an activating group) is 1. The van der Waals surface area contributed by atoms with E-state index >= 15 is 0 Å². The number of benzene rings is 1. The second-order valence-corrected chi connectivity index (χ2v) is 5.10. The Kier molecular flexibility index (Phi) is 7.09. The molecule has 1 aromatic rings. The van der Waals surface area contributed by atoms with Crippen molar-refractivity contribution in [2.24, 2.45) is 5.92 Å². The largest absolute Gasteiger partial charge is 0.496 e. The van der Waals surface area contributed by atoms with Gasteiger partial charge in [0.1, 0.15) is 17.2 Å². The van der Waals surface area contributed by atoms with E-state index in [-0.39, 0.29) is 0 Å². The Bertz CT molecular complexity index is 456. The summed E-state index contributed by atoms with van der Waals surface area (Å²) in [7, 11) is 4.95. The van der Waals surface area contributed by atoms with Crippen LogP contribution in [0.3, 0.4) is 0 Å². The molecule has 0 amide bonds. The third kappa shape index (κ3) is 4.67. The molecule has 0 heterocycles. The maximum Gasteiger partial charge on any atom is 0.133 e. The molecule has 0 bridgehead atoms. The highest BCUT2D eigenvalue weighted by molar-refractivity contribution is 5.68. The first-order valence-electron chi connectivity index (χ1n) is 7.28. The Balaban J connectivity index is 3.31. The second-order valence-electron chi connectivity index (χ2n) is 5.10. The van der Waals surface area contributed by atoms with Crippen molar-refractivity contribution in [3.63, 3.8) is 0 Å². The fourth-order valence-electron chi connectivity index (χ4n) is 2.05. The van der Waals surface area contributed by atoms with E-state index in [0.29, 0.717) is 5.92 Å². The lowest BCUT2D eigenvalue weighted by Crippen LogP contribution is -2.18. The van der Waals surface area contributed by atoms with Crippen LogP contribution in [0.2, 0.25) is 0 Å². The van der Waals surface area contributed by atoms with Gasteiger partial charge >= 0.3 is 0 Å². The zero-order chi connectivity index (χ0) is 15.8. The van der Waals surface area contributed by atoms with Crippen LogP contribution in [0.1, 0.15) is 26.3 Å².